The van der Waals surface area contributed by atoms with Crippen molar-refractivity contribution >= 4 is 28.1 Å². The number of fused-ring (bicyclic) bond motifs is 1. The first-order valence-electron chi connectivity index (χ1n) is 6.13. The zero-order valence-corrected chi connectivity index (χ0v) is 12.4. The van der Waals surface area contributed by atoms with Gasteiger partial charge in [0.2, 0.25) is 6.79 Å². The molecule has 1 aliphatic rings. The van der Waals surface area contributed by atoms with Crippen LogP contribution in [0.15, 0.2) is 52.1 Å². The maximum absolute atomic E-state index is 11.8. The molecule has 0 unspecified atom stereocenters. The van der Waals surface area contributed by atoms with Gasteiger partial charge >= 0.3 is 5.97 Å². The van der Waals surface area contributed by atoms with Gasteiger partial charge in [-0.25, -0.2) is 4.79 Å². The fourth-order valence-electron chi connectivity index (χ4n) is 1.80. The first kappa shape index (κ1) is 13.6. The van der Waals surface area contributed by atoms with Crippen LogP contribution in [0.25, 0.3) is 0 Å². The Morgan fingerprint density at radius 3 is 2.86 bits per heavy atom. The fourth-order valence-corrected chi connectivity index (χ4v) is 2.25. The summed E-state index contributed by atoms with van der Waals surface area (Å²) in [4.78, 5) is 16.7. The molecule has 0 aromatic heterocycles. The molecule has 1 heterocycles. The molecule has 0 atom stereocenters. The van der Waals surface area contributed by atoms with Crippen LogP contribution in [0.2, 0.25) is 0 Å². The zero-order valence-electron chi connectivity index (χ0n) is 10.8. The van der Waals surface area contributed by atoms with Gasteiger partial charge in [0.25, 0.3) is 0 Å². The van der Waals surface area contributed by atoms with Gasteiger partial charge in [-0.15, -0.1) is 0 Å². The molecule has 0 fully saturated rings. The number of nitrogens with zero attached hydrogens (tertiary/aromatic N) is 1. The third kappa shape index (κ3) is 3.05. The molecule has 0 saturated heterocycles. The molecule has 1 aliphatic heterocycles. The smallest absolute Gasteiger partial charge is 0.366 e. The van der Waals surface area contributed by atoms with E-state index in [1.807, 2.05) is 6.07 Å². The minimum absolute atomic E-state index is 0.215. The van der Waals surface area contributed by atoms with Gasteiger partial charge in [-0.3, -0.25) is 0 Å². The summed E-state index contributed by atoms with van der Waals surface area (Å²) in [5.41, 5.74) is 1.17. The molecule has 0 bridgehead atoms. The Kier molecular flexibility index (Phi) is 3.87. The molecule has 21 heavy (non-hydrogen) atoms. The molecule has 106 valence electrons. The Bertz CT molecular complexity index is 715. The van der Waals surface area contributed by atoms with Crippen LogP contribution in [-0.4, -0.2) is 19.0 Å². The quantitative estimate of drug-likeness (QED) is 0.485. The standard InChI is InChI=1S/C15H10BrNO4/c16-12-4-2-1-3-11(12)15(18)21-17-8-10-5-6-13-14(7-10)20-9-19-13/h1-8H,9H2. The van der Waals surface area contributed by atoms with Crippen LogP contribution in [0.4, 0.5) is 0 Å². The Labute approximate surface area is 129 Å². The maximum atomic E-state index is 11.8. The molecule has 0 radical (unpaired) electrons. The molecule has 0 spiro atoms. The van der Waals surface area contributed by atoms with Crippen LogP contribution < -0.4 is 9.47 Å². The van der Waals surface area contributed by atoms with Crippen molar-refractivity contribution in [2.24, 2.45) is 5.16 Å². The topological polar surface area (TPSA) is 57.1 Å². The van der Waals surface area contributed by atoms with Gasteiger partial charge in [0.05, 0.1) is 11.8 Å². The van der Waals surface area contributed by atoms with E-state index in [-0.39, 0.29) is 6.79 Å². The van der Waals surface area contributed by atoms with E-state index in [0.717, 1.165) is 5.56 Å². The van der Waals surface area contributed by atoms with Crippen molar-refractivity contribution < 1.29 is 19.1 Å². The number of hydrogen-bond acceptors (Lipinski definition) is 5. The van der Waals surface area contributed by atoms with Crippen molar-refractivity contribution in [1.82, 2.24) is 0 Å². The van der Waals surface area contributed by atoms with Gasteiger partial charge < -0.3 is 14.3 Å². The molecular formula is C15H10BrNO4. The molecule has 0 N–H and O–H groups in total. The summed E-state index contributed by atoms with van der Waals surface area (Å²) in [5, 5.41) is 3.69. The number of carbonyl (C=O) groups is 1. The van der Waals surface area contributed by atoms with Gasteiger partial charge in [-0.2, -0.15) is 0 Å². The van der Waals surface area contributed by atoms with E-state index >= 15 is 0 Å². The molecule has 2 aromatic rings. The lowest BCUT2D eigenvalue weighted by molar-refractivity contribution is 0.0518. The molecule has 3 rings (SSSR count). The van der Waals surface area contributed by atoms with E-state index in [1.165, 1.54) is 6.21 Å². The highest BCUT2D eigenvalue weighted by molar-refractivity contribution is 9.10. The van der Waals surface area contributed by atoms with Crippen molar-refractivity contribution in [3.05, 3.63) is 58.1 Å². The van der Waals surface area contributed by atoms with Crippen LogP contribution >= 0.6 is 15.9 Å². The summed E-state index contributed by atoms with van der Waals surface area (Å²) in [6.07, 6.45) is 1.44. The number of benzene rings is 2. The van der Waals surface area contributed by atoms with Crippen LogP contribution in [0.5, 0.6) is 11.5 Å². The lowest BCUT2D eigenvalue weighted by Crippen LogP contribution is -2.01. The average Bonchev–Trinajstić information content (AvgIpc) is 2.95. The highest BCUT2D eigenvalue weighted by Gasteiger charge is 2.13. The summed E-state index contributed by atoms with van der Waals surface area (Å²) >= 11 is 3.28. The van der Waals surface area contributed by atoms with Crippen molar-refractivity contribution in [3.63, 3.8) is 0 Å². The van der Waals surface area contributed by atoms with Crippen LogP contribution in [-0.2, 0) is 4.84 Å². The summed E-state index contributed by atoms with van der Waals surface area (Å²) in [7, 11) is 0. The summed E-state index contributed by atoms with van der Waals surface area (Å²) < 4.78 is 11.1. The Morgan fingerprint density at radius 2 is 2.00 bits per heavy atom. The van der Waals surface area contributed by atoms with Crippen LogP contribution in [0.1, 0.15) is 15.9 Å². The fraction of sp³-hybridized carbons (Fsp3) is 0.0667. The van der Waals surface area contributed by atoms with Crippen molar-refractivity contribution in [2.75, 3.05) is 6.79 Å². The Morgan fingerprint density at radius 1 is 1.19 bits per heavy atom. The second kappa shape index (κ2) is 5.97. The normalized spacial score (nSPS) is 12.6. The molecule has 0 saturated carbocycles. The average molecular weight is 348 g/mol. The number of carbonyl (C=O) groups excluding carboxylic acids is 1. The number of halogens is 1. The first-order chi connectivity index (χ1) is 10.2. The number of hydrogen-bond donors (Lipinski definition) is 0. The lowest BCUT2D eigenvalue weighted by Gasteiger charge is -2.00. The lowest BCUT2D eigenvalue weighted by atomic mass is 10.2. The second-order valence-electron chi connectivity index (χ2n) is 4.21. The minimum atomic E-state index is -0.528. The van der Waals surface area contributed by atoms with Gasteiger partial charge in [0, 0.05) is 10.0 Å². The van der Waals surface area contributed by atoms with Crippen LogP contribution in [0, 0.1) is 0 Å². The number of oxime groups is 1. The summed E-state index contributed by atoms with van der Waals surface area (Å²) in [6, 6.07) is 12.3. The molecule has 2 aromatic carbocycles. The zero-order chi connectivity index (χ0) is 14.7. The van der Waals surface area contributed by atoms with E-state index in [0.29, 0.717) is 21.5 Å². The van der Waals surface area contributed by atoms with Gasteiger partial charge in [-0.1, -0.05) is 17.3 Å². The van der Waals surface area contributed by atoms with Crippen molar-refractivity contribution in [3.8, 4) is 11.5 Å². The van der Waals surface area contributed by atoms with E-state index in [2.05, 4.69) is 21.1 Å². The third-order valence-electron chi connectivity index (χ3n) is 2.83. The van der Waals surface area contributed by atoms with E-state index in [1.54, 1.807) is 36.4 Å². The minimum Gasteiger partial charge on any atom is -0.454 e. The van der Waals surface area contributed by atoms with Crippen molar-refractivity contribution in [2.45, 2.75) is 0 Å². The largest absolute Gasteiger partial charge is 0.454 e. The van der Waals surface area contributed by atoms with E-state index in [4.69, 9.17) is 14.3 Å². The maximum Gasteiger partial charge on any atom is 0.366 e. The predicted octanol–water partition coefficient (Wildman–Crippen LogP) is 3.37. The van der Waals surface area contributed by atoms with Crippen LogP contribution in [0.3, 0.4) is 0 Å². The van der Waals surface area contributed by atoms with E-state index < -0.39 is 5.97 Å². The molecule has 0 amide bonds. The highest BCUT2D eigenvalue weighted by Crippen LogP contribution is 2.32. The van der Waals surface area contributed by atoms with Gasteiger partial charge in [0.15, 0.2) is 11.5 Å². The molecular weight excluding hydrogens is 338 g/mol. The highest BCUT2D eigenvalue weighted by atomic mass is 79.9. The molecule has 6 heteroatoms. The number of ether oxygens (including phenoxy) is 2. The van der Waals surface area contributed by atoms with Gasteiger partial charge in [0.1, 0.15) is 0 Å². The summed E-state index contributed by atoms with van der Waals surface area (Å²) in [6.45, 7) is 0.215. The van der Waals surface area contributed by atoms with Crippen molar-refractivity contribution in [1.29, 1.82) is 0 Å². The van der Waals surface area contributed by atoms with E-state index in [9.17, 15) is 4.79 Å². The second-order valence-corrected chi connectivity index (χ2v) is 5.06. The SMILES string of the molecule is O=C(ON=Cc1ccc2c(c1)OCO2)c1ccccc1Br. The molecule has 0 aliphatic carbocycles. The predicted molar refractivity (Wildman–Crippen MR) is 79.7 cm³/mol. The monoisotopic (exact) mass is 347 g/mol. The number of rotatable bonds is 3. The van der Waals surface area contributed by atoms with Gasteiger partial charge in [-0.05, 0) is 46.3 Å². The summed E-state index contributed by atoms with van der Waals surface area (Å²) in [5.74, 6) is 0.813. The third-order valence-corrected chi connectivity index (χ3v) is 3.52. The Hall–Kier alpha value is -2.34. The Balaban J connectivity index is 1.67. The molecule has 5 nitrogen and oxygen atoms in total. The first-order valence-corrected chi connectivity index (χ1v) is 6.92.